The number of fused-ring (bicyclic) bond motifs is 1. The van der Waals surface area contributed by atoms with Crippen molar-refractivity contribution < 1.29 is 9.53 Å². The first-order valence-electron chi connectivity index (χ1n) is 6.49. The highest BCUT2D eigenvalue weighted by Gasteiger charge is 2.16. The minimum absolute atomic E-state index is 0.0304. The zero-order valence-corrected chi connectivity index (χ0v) is 12.0. The summed E-state index contributed by atoms with van der Waals surface area (Å²) in [4.78, 5) is 18.7. The number of benzene rings is 1. The topological polar surface area (TPSA) is 54.5 Å². The van der Waals surface area contributed by atoms with Crippen LogP contribution >= 0.6 is 0 Å². The van der Waals surface area contributed by atoms with Gasteiger partial charge in [-0.05, 0) is 12.1 Å². The minimum atomic E-state index is -0.0304. The van der Waals surface area contributed by atoms with Gasteiger partial charge in [-0.15, -0.1) is 0 Å². The van der Waals surface area contributed by atoms with Crippen molar-refractivity contribution in [3.63, 3.8) is 0 Å². The summed E-state index contributed by atoms with van der Waals surface area (Å²) in [5.41, 5.74) is 1.46. The number of ether oxygens (including phenoxy) is 1. The molecule has 1 N–H and O–H groups in total. The van der Waals surface area contributed by atoms with Crippen molar-refractivity contribution in [2.24, 2.45) is 0 Å². The van der Waals surface area contributed by atoms with E-state index < -0.39 is 0 Å². The van der Waals surface area contributed by atoms with E-state index in [1.165, 1.54) is 0 Å². The molecule has 0 fully saturated rings. The lowest BCUT2D eigenvalue weighted by Gasteiger charge is -2.18. The van der Waals surface area contributed by atoms with Crippen LogP contribution in [0.2, 0.25) is 0 Å². The summed E-state index contributed by atoms with van der Waals surface area (Å²) in [6.07, 6.45) is 0. The van der Waals surface area contributed by atoms with Crippen LogP contribution in [0.1, 0.15) is 10.4 Å². The number of amides is 1. The van der Waals surface area contributed by atoms with E-state index in [0.29, 0.717) is 24.5 Å². The third-order valence-corrected chi connectivity index (χ3v) is 3.18. The maximum atomic E-state index is 12.5. The van der Waals surface area contributed by atoms with E-state index in [-0.39, 0.29) is 5.91 Å². The zero-order chi connectivity index (χ0) is 14.5. The molecule has 1 amide bonds. The Balaban J connectivity index is 2.43. The number of anilines is 1. The fourth-order valence-electron chi connectivity index (χ4n) is 2.02. The fourth-order valence-corrected chi connectivity index (χ4v) is 2.02. The van der Waals surface area contributed by atoms with Gasteiger partial charge in [-0.25, -0.2) is 4.98 Å². The van der Waals surface area contributed by atoms with E-state index in [2.05, 4.69) is 10.3 Å². The summed E-state index contributed by atoms with van der Waals surface area (Å²) < 4.78 is 5.01. The first-order valence-corrected chi connectivity index (χ1v) is 6.49. The number of hydrogen-bond donors (Lipinski definition) is 1. The molecule has 2 aromatic rings. The van der Waals surface area contributed by atoms with E-state index in [4.69, 9.17) is 4.74 Å². The van der Waals surface area contributed by atoms with Crippen LogP contribution in [0.15, 0.2) is 30.3 Å². The van der Waals surface area contributed by atoms with Crippen molar-refractivity contribution in [2.75, 3.05) is 39.7 Å². The summed E-state index contributed by atoms with van der Waals surface area (Å²) >= 11 is 0. The van der Waals surface area contributed by atoms with E-state index >= 15 is 0 Å². The molecule has 0 aliphatic carbocycles. The van der Waals surface area contributed by atoms with E-state index in [1.54, 1.807) is 32.2 Å². The Kier molecular flexibility index (Phi) is 4.53. The molecule has 0 aliphatic rings. The number of pyridine rings is 1. The van der Waals surface area contributed by atoms with Gasteiger partial charge in [-0.2, -0.15) is 0 Å². The number of likely N-dealkylation sites (N-methyl/N-ethyl adjacent to an activating group) is 1. The number of methoxy groups -OCH3 is 1. The van der Waals surface area contributed by atoms with Crippen molar-refractivity contribution in [3.05, 3.63) is 35.9 Å². The van der Waals surface area contributed by atoms with Gasteiger partial charge in [0.2, 0.25) is 0 Å². The maximum absolute atomic E-state index is 12.5. The lowest BCUT2D eigenvalue weighted by atomic mass is 10.1. The zero-order valence-electron chi connectivity index (χ0n) is 12.0. The van der Waals surface area contributed by atoms with Crippen LogP contribution in [-0.4, -0.2) is 50.1 Å². The van der Waals surface area contributed by atoms with Crippen molar-refractivity contribution in [1.82, 2.24) is 9.88 Å². The number of hydrogen-bond acceptors (Lipinski definition) is 4. The Morgan fingerprint density at radius 1 is 1.40 bits per heavy atom. The fraction of sp³-hybridized carbons (Fsp3) is 0.333. The van der Waals surface area contributed by atoms with Gasteiger partial charge in [-0.3, -0.25) is 4.79 Å². The van der Waals surface area contributed by atoms with Crippen LogP contribution in [0, 0.1) is 0 Å². The van der Waals surface area contributed by atoms with Crippen LogP contribution in [0.5, 0.6) is 0 Å². The molecule has 2 rings (SSSR count). The number of para-hydroxylation sites is 1. The third kappa shape index (κ3) is 2.88. The standard InChI is InChI=1S/C15H19N3O2/c1-16-14-10-12(15(19)18(2)8-9-20-3)11-6-4-5-7-13(11)17-14/h4-7,10H,8-9H2,1-3H3,(H,16,17). The molecular weight excluding hydrogens is 254 g/mol. The first-order chi connectivity index (χ1) is 9.67. The molecule has 0 bridgehead atoms. The molecule has 0 atom stereocenters. The predicted molar refractivity (Wildman–Crippen MR) is 80.1 cm³/mol. The molecule has 1 aromatic heterocycles. The van der Waals surface area contributed by atoms with Gasteiger partial charge in [0.1, 0.15) is 5.82 Å². The molecule has 0 aliphatic heterocycles. The van der Waals surface area contributed by atoms with E-state index in [9.17, 15) is 4.79 Å². The summed E-state index contributed by atoms with van der Waals surface area (Å²) in [5.74, 6) is 0.657. The molecule has 0 spiro atoms. The molecule has 0 saturated heterocycles. The van der Waals surface area contributed by atoms with Crippen LogP contribution in [0.3, 0.4) is 0 Å². The average molecular weight is 273 g/mol. The average Bonchev–Trinajstić information content (AvgIpc) is 2.50. The van der Waals surface area contributed by atoms with Gasteiger partial charge in [0.15, 0.2) is 0 Å². The van der Waals surface area contributed by atoms with E-state index in [0.717, 1.165) is 10.9 Å². The molecule has 106 valence electrons. The van der Waals surface area contributed by atoms with Gasteiger partial charge >= 0.3 is 0 Å². The number of carbonyl (C=O) groups is 1. The van der Waals surface area contributed by atoms with Crippen LogP contribution in [0.25, 0.3) is 10.9 Å². The summed E-state index contributed by atoms with van der Waals surface area (Å²) in [7, 11) is 5.19. The smallest absolute Gasteiger partial charge is 0.254 e. The van der Waals surface area contributed by atoms with Gasteiger partial charge in [0, 0.05) is 33.1 Å². The molecule has 0 saturated carbocycles. The van der Waals surface area contributed by atoms with Crippen LogP contribution < -0.4 is 5.32 Å². The van der Waals surface area contributed by atoms with Gasteiger partial charge < -0.3 is 15.0 Å². The van der Waals surface area contributed by atoms with Gasteiger partial charge in [-0.1, -0.05) is 18.2 Å². The second-order valence-electron chi connectivity index (χ2n) is 4.54. The molecule has 0 unspecified atom stereocenters. The lowest BCUT2D eigenvalue weighted by Crippen LogP contribution is -2.30. The van der Waals surface area contributed by atoms with Crippen molar-refractivity contribution in [3.8, 4) is 0 Å². The Hall–Kier alpha value is -2.14. The molecule has 5 nitrogen and oxygen atoms in total. The second kappa shape index (κ2) is 6.34. The quantitative estimate of drug-likeness (QED) is 0.905. The third-order valence-electron chi connectivity index (χ3n) is 3.18. The SMILES string of the molecule is CNc1cc(C(=O)N(C)CCOC)c2ccccc2n1. The number of aromatic nitrogens is 1. The Morgan fingerprint density at radius 2 is 2.15 bits per heavy atom. The molecule has 5 heteroatoms. The largest absolute Gasteiger partial charge is 0.383 e. The normalized spacial score (nSPS) is 10.6. The number of nitrogens with one attached hydrogen (secondary N) is 1. The summed E-state index contributed by atoms with van der Waals surface area (Å²) in [6, 6.07) is 9.43. The van der Waals surface area contributed by atoms with Crippen LogP contribution in [-0.2, 0) is 4.74 Å². The first kappa shape index (κ1) is 14.3. The van der Waals surface area contributed by atoms with Crippen molar-refractivity contribution >= 4 is 22.6 Å². The highest BCUT2D eigenvalue weighted by Crippen LogP contribution is 2.21. The Morgan fingerprint density at radius 3 is 2.85 bits per heavy atom. The Bertz CT molecular complexity index is 613. The van der Waals surface area contributed by atoms with Crippen molar-refractivity contribution in [1.29, 1.82) is 0 Å². The molecule has 20 heavy (non-hydrogen) atoms. The number of rotatable bonds is 5. The molecule has 1 heterocycles. The Labute approximate surface area is 118 Å². The summed E-state index contributed by atoms with van der Waals surface area (Å²) in [6.45, 7) is 1.07. The number of nitrogens with zero attached hydrogens (tertiary/aromatic N) is 2. The van der Waals surface area contributed by atoms with Crippen molar-refractivity contribution in [2.45, 2.75) is 0 Å². The number of carbonyl (C=O) groups excluding carboxylic acids is 1. The monoisotopic (exact) mass is 273 g/mol. The van der Waals surface area contributed by atoms with Crippen LogP contribution in [0.4, 0.5) is 5.82 Å². The minimum Gasteiger partial charge on any atom is -0.383 e. The maximum Gasteiger partial charge on any atom is 0.254 e. The molecular formula is C15H19N3O2. The molecule has 1 aromatic carbocycles. The van der Waals surface area contributed by atoms with E-state index in [1.807, 2.05) is 24.3 Å². The summed E-state index contributed by atoms with van der Waals surface area (Å²) in [5, 5.41) is 3.85. The lowest BCUT2D eigenvalue weighted by molar-refractivity contribution is 0.0746. The highest BCUT2D eigenvalue weighted by molar-refractivity contribution is 6.06. The highest BCUT2D eigenvalue weighted by atomic mass is 16.5. The molecule has 0 radical (unpaired) electrons. The predicted octanol–water partition coefficient (Wildman–Crippen LogP) is 1.99. The second-order valence-corrected chi connectivity index (χ2v) is 4.54. The van der Waals surface area contributed by atoms with Gasteiger partial charge in [0.25, 0.3) is 5.91 Å². The van der Waals surface area contributed by atoms with Gasteiger partial charge in [0.05, 0.1) is 17.7 Å².